The third kappa shape index (κ3) is 2.86. The summed E-state index contributed by atoms with van der Waals surface area (Å²) in [5, 5.41) is 1.08. The lowest BCUT2D eigenvalue weighted by Gasteiger charge is -2.10. The monoisotopic (exact) mass is 349 g/mol. The number of carbonyl (C=O) groups excluding carboxylic acids is 1. The fourth-order valence-corrected chi connectivity index (χ4v) is 2.59. The summed E-state index contributed by atoms with van der Waals surface area (Å²) in [7, 11) is 1.26. The molecule has 0 saturated carbocycles. The number of hydrogen-bond acceptors (Lipinski definition) is 3. The van der Waals surface area contributed by atoms with Gasteiger partial charge in [0.15, 0.2) is 0 Å². The number of ether oxygens (including phenoxy) is 1. The summed E-state index contributed by atoms with van der Waals surface area (Å²) in [6.07, 6.45) is 0. The van der Waals surface area contributed by atoms with Gasteiger partial charge in [0.2, 0.25) is 0 Å². The van der Waals surface area contributed by atoms with Gasteiger partial charge in [-0.3, -0.25) is 0 Å². The topological polar surface area (TPSA) is 39.2 Å². The van der Waals surface area contributed by atoms with Crippen molar-refractivity contribution in [2.75, 3.05) is 7.11 Å². The standard InChI is InChI=1S/C13H7Cl4NO2/c1-20-13(19)9-5-2-6(12(17)18-9)10-7(14)3-4-8(15)11(10)16/h2-5H,1H3. The van der Waals surface area contributed by atoms with Gasteiger partial charge >= 0.3 is 5.97 Å². The minimum absolute atomic E-state index is 0.0824. The number of nitrogens with zero attached hydrogens (tertiary/aromatic N) is 1. The fraction of sp³-hybridized carbons (Fsp3) is 0.0769. The highest BCUT2D eigenvalue weighted by Gasteiger charge is 2.17. The summed E-state index contributed by atoms with van der Waals surface area (Å²) in [4.78, 5) is 15.3. The van der Waals surface area contributed by atoms with Gasteiger partial charge in [0.1, 0.15) is 10.8 Å². The van der Waals surface area contributed by atoms with Crippen molar-refractivity contribution in [2.45, 2.75) is 0 Å². The number of methoxy groups -OCH3 is 1. The Morgan fingerprint density at radius 1 is 1.05 bits per heavy atom. The van der Waals surface area contributed by atoms with E-state index in [9.17, 15) is 4.79 Å². The number of carbonyl (C=O) groups is 1. The largest absolute Gasteiger partial charge is 0.464 e. The van der Waals surface area contributed by atoms with Crippen LogP contribution >= 0.6 is 46.4 Å². The van der Waals surface area contributed by atoms with Crippen LogP contribution < -0.4 is 0 Å². The maximum atomic E-state index is 11.4. The molecule has 0 spiro atoms. The summed E-state index contributed by atoms with van der Waals surface area (Å²) in [5.74, 6) is -0.582. The number of aromatic nitrogens is 1. The zero-order valence-corrected chi connectivity index (χ0v) is 13.1. The Morgan fingerprint density at radius 3 is 2.30 bits per heavy atom. The van der Waals surface area contributed by atoms with Crippen molar-refractivity contribution in [2.24, 2.45) is 0 Å². The molecule has 0 aliphatic carbocycles. The number of hydrogen-bond donors (Lipinski definition) is 0. The molecular formula is C13H7Cl4NO2. The van der Waals surface area contributed by atoms with E-state index in [1.807, 2.05) is 0 Å². The van der Waals surface area contributed by atoms with Crippen LogP contribution in [0, 0.1) is 0 Å². The number of benzene rings is 1. The first-order chi connectivity index (χ1) is 9.45. The van der Waals surface area contributed by atoms with Gasteiger partial charge in [-0.15, -0.1) is 0 Å². The molecule has 1 aromatic carbocycles. The summed E-state index contributed by atoms with van der Waals surface area (Å²) < 4.78 is 4.57. The first-order valence-electron chi connectivity index (χ1n) is 5.34. The van der Waals surface area contributed by atoms with Crippen LogP contribution in [0.5, 0.6) is 0 Å². The van der Waals surface area contributed by atoms with Gasteiger partial charge in [0, 0.05) is 11.1 Å². The molecule has 0 atom stereocenters. The highest BCUT2D eigenvalue weighted by Crippen LogP contribution is 2.41. The molecule has 1 heterocycles. The first-order valence-corrected chi connectivity index (χ1v) is 6.85. The summed E-state index contributed by atoms with van der Waals surface area (Å²) in [6.45, 7) is 0. The highest BCUT2D eigenvalue weighted by molar-refractivity contribution is 6.46. The summed E-state index contributed by atoms with van der Waals surface area (Å²) in [6, 6.07) is 6.25. The molecule has 1 aromatic heterocycles. The Bertz CT molecular complexity index is 688. The lowest BCUT2D eigenvalue weighted by molar-refractivity contribution is 0.0594. The van der Waals surface area contributed by atoms with E-state index >= 15 is 0 Å². The minimum Gasteiger partial charge on any atom is -0.464 e. The van der Waals surface area contributed by atoms with E-state index in [1.54, 1.807) is 18.2 Å². The average molecular weight is 351 g/mol. The lowest BCUT2D eigenvalue weighted by atomic mass is 10.1. The van der Waals surface area contributed by atoms with Gasteiger partial charge in [-0.2, -0.15) is 0 Å². The number of esters is 1. The van der Waals surface area contributed by atoms with Crippen molar-refractivity contribution in [3.05, 3.63) is 50.2 Å². The SMILES string of the molecule is COC(=O)c1ccc(-c2c(Cl)ccc(Cl)c2Cl)c(Cl)n1. The maximum Gasteiger partial charge on any atom is 0.356 e. The molecule has 0 amide bonds. The number of rotatable bonds is 2. The predicted molar refractivity (Wildman–Crippen MR) is 81.1 cm³/mol. The van der Waals surface area contributed by atoms with Crippen molar-refractivity contribution in [1.82, 2.24) is 4.98 Å². The Kier molecular flexibility index (Phi) is 4.76. The van der Waals surface area contributed by atoms with Crippen LogP contribution in [0.3, 0.4) is 0 Å². The third-order valence-corrected chi connectivity index (χ3v) is 3.96. The second kappa shape index (κ2) is 6.19. The normalized spacial score (nSPS) is 10.4. The molecule has 3 nitrogen and oxygen atoms in total. The summed E-state index contributed by atoms with van der Waals surface area (Å²) >= 11 is 24.3. The molecule has 2 aromatic rings. The molecule has 0 saturated heterocycles. The first kappa shape index (κ1) is 15.4. The second-order valence-electron chi connectivity index (χ2n) is 3.74. The number of pyridine rings is 1. The van der Waals surface area contributed by atoms with E-state index < -0.39 is 5.97 Å². The van der Waals surface area contributed by atoms with Gasteiger partial charge in [-0.1, -0.05) is 46.4 Å². The Hall–Kier alpha value is -1.000. The van der Waals surface area contributed by atoms with Crippen molar-refractivity contribution in [3.63, 3.8) is 0 Å². The van der Waals surface area contributed by atoms with Crippen molar-refractivity contribution in [1.29, 1.82) is 0 Å². The van der Waals surface area contributed by atoms with Crippen LogP contribution in [-0.2, 0) is 4.74 Å². The molecule has 2 rings (SSSR count). The Morgan fingerprint density at radius 2 is 1.70 bits per heavy atom. The van der Waals surface area contributed by atoms with Gasteiger partial charge < -0.3 is 4.74 Å². The van der Waals surface area contributed by atoms with Crippen molar-refractivity contribution < 1.29 is 9.53 Å². The Balaban J connectivity index is 2.60. The second-order valence-corrected chi connectivity index (χ2v) is 5.30. The zero-order chi connectivity index (χ0) is 14.9. The van der Waals surface area contributed by atoms with Crippen LogP contribution in [0.4, 0.5) is 0 Å². The zero-order valence-electron chi connectivity index (χ0n) is 10.1. The van der Waals surface area contributed by atoms with E-state index in [2.05, 4.69) is 9.72 Å². The molecule has 0 N–H and O–H groups in total. The molecule has 0 fully saturated rings. The average Bonchev–Trinajstić information content (AvgIpc) is 2.44. The number of halogens is 4. The van der Waals surface area contributed by atoms with E-state index in [0.717, 1.165) is 0 Å². The molecular weight excluding hydrogens is 344 g/mol. The van der Waals surface area contributed by atoms with Gasteiger partial charge in [0.05, 0.1) is 22.2 Å². The van der Waals surface area contributed by atoms with Crippen LogP contribution in [0.15, 0.2) is 24.3 Å². The third-order valence-electron chi connectivity index (χ3n) is 2.56. The molecule has 0 radical (unpaired) electrons. The maximum absolute atomic E-state index is 11.4. The smallest absolute Gasteiger partial charge is 0.356 e. The van der Waals surface area contributed by atoms with Crippen molar-refractivity contribution >= 4 is 52.4 Å². The van der Waals surface area contributed by atoms with Crippen LogP contribution in [0.25, 0.3) is 11.1 Å². The van der Waals surface area contributed by atoms with Crippen LogP contribution in [0.2, 0.25) is 20.2 Å². The predicted octanol–water partition coefficient (Wildman–Crippen LogP) is 5.15. The molecule has 7 heteroatoms. The molecule has 0 unspecified atom stereocenters. The van der Waals surface area contributed by atoms with E-state index in [1.165, 1.54) is 13.2 Å². The quantitative estimate of drug-likeness (QED) is 0.427. The van der Waals surface area contributed by atoms with E-state index in [4.69, 9.17) is 46.4 Å². The van der Waals surface area contributed by atoms with E-state index in [-0.39, 0.29) is 15.9 Å². The minimum atomic E-state index is -0.582. The Labute approximate surface area is 135 Å². The molecule has 0 aliphatic heterocycles. The fourth-order valence-electron chi connectivity index (χ4n) is 1.61. The van der Waals surface area contributed by atoms with Crippen molar-refractivity contribution in [3.8, 4) is 11.1 Å². The van der Waals surface area contributed by atoms with Gasteiger partial charge in [0.25, 0.3) is 0 Å². The molecule has 104 valence electrons. The highest BCUT2D eigenvalue weighted by atomic mass is 35.5. The molecule has 0 bridgehead atoms. The summed E-state index contributed by atoms with van der Waals surface area (Å²) in [5.41, 5.74) is 1.04. The van der Waals surface area contributed by atoms with Crippen LogP contribution in [0.1, 0.15) is 10.5 Å². The lowest BCUT2D eigenvalue weighted by Crippen LogP contribution is -2.04. The van der Waals surface area contributed by atoms with Gasteiger partial charge in [-0.25, -0.2) is 9.78 Å². The van der Waals surface area contributed by atoms with Crippen LogP contribution in [-0.4, -0.2) is 18.1 Å². The van der Waals surface area contributed by atoms with Gasteiger partial charge in [-0.05, 0) is 24.3 Å². The molecule has 20 heavy (non-hydrogen) atoms. The van der Waals surface area contributed by atoms with E-state index in [0.29, 0.717) is 21.2 Å². The molecule has 0 aliphatic rings.